The first kappa shape index (κ1) is 71.5. The number of nitrogens with one attached hydrogen (secondary N) is 11. The number of alkyl carbamates (subject to hydrolysis) is 1. The number of aliphatic carboxylic acids is 1. The second-order valence-corrected chi connectivity index (χ2v) is 22.6. The Morgan fingerprint density at radius 3 is 1.45 bits per heavy atom. The number of carboxylic acids is 1. The van der Waals surface area contributed by atoms with Gasteiger partial charge in [0.2, 0.25) is 35.2 Å². The molecule has 0 bridgehead atoms. The van der Waals surface area contributed by atoms with Crippen molar-refractivity contribution in [3.63, 3.8) is 0 Å². The Labute approximate surface area is 547 Å². The van der Waals surface area contributed by atoms with Crippen LogP contribution in [0.2, 0.25) is 0 Å². The van der Waals surface area contributed by atoms with Crippen LogP contribution in [0, 0.1) is 0 Å². The first-order valence-corrected chi connectivity index (χ1v) is 29.8. The predicted octanol–water partition coefficient (Wildman–Crippen LogP) is 1.27. The first-order valence-electron chi connectivity index (χ1n) is 29.8. The van der Waals surface area contributed by atoms with E-state index in [1.165, 1.54) is 99.4 Å². The van der Waals surface area contributed by atoms with Crippen LogP contribution in [0.4, 0.5) is 39.3 Å². The van der Waals surface area contributed by atoms with Crippen molar-refractivity contribution in [2.75, 3.05) is 77.8 Å². The summed E-state index contributed by atoms with van der Waals surface area (Å²) in [5.74, 6) is -6.58. The molecule has 0 radical (unpaired) electrons. The van der Waals surface area contributed by atoms with Crippen LogP contribution >= 0.6 is 0 Å². The molecule has 0 unspecified atom stereocenters. The summed E-state index contributed by atoms with van der Waals surface area (Å²) in [6.45, 7) is 5.37. The number of aryl methyl sites for hydroxylation is 6. The van der Waals surface area contributed by atoms with Crippen molar-refractivity contribution in [2.24, 2.45) is 42.3 Å². The smallest absolute Gasteiger partial charge is 0.407 e. The van der Waals surface area contributed by atoms with E-state index in [0.717, 1.165) is 0 Å². The van der Waals surface area contributed by atoms with Crippen molar-refractivity contribution in [2.45, 2.75) is 65.0 Å². The van der Waals surface area contributed by atoms with Gasteiger partial charge in [-0.1, -0.05) is 0 Å². The molecule has 7 heterocycles. The van der Waals surface area contributed by atoms with Crippen molar-refractivity contribution < 1.29 is 72.1 Å². The number of imidazole rings is 4. The summed E-state index contributed by atoms with van der Waals surface area (Å²) in [5, 5.41) is 37.8. The number of nitrogens with zero attached hydrogens (tertiary/aromatic N) is 11. The van der Waals surface area contributed by atoms with Crippen LogP contribution in [0.5, 0.6) is 0 Å². The quantitative estimate of drug-likeness (QED) is 0.0264. The maximum Gasteiger partial charge on any atom is 0.407 e. The number of carboxylic acid groups (broad SMARTS) is 1. The lowest BCUT2D eigenvalue weighted by atomic mass is 10.2. The Kier molecular flexibility index (Phi) is 24.3. The molecule has 11 amide bonds. The van der Waals surface area contributed by atoms with Crippen molar-refractivity contribution >= 4 is 106 Å². The molecule has 7 rings (SSSR count). The molecule has 37 nitrogen and oxygen atoms in total. The Balaban J connectivity index is 0.851. The fourth-order valence-corrected chi connectivity index (χ4v) is 9.11. The largest absolute Gasteiger partial charge is 0.481 e. The van der Waals surface area contributed by atoms with E-state index in [1.807, 2.05) is 0 Å². The summed E-state index contributed by atoms with van der Waals surface area (Å²) in [6.07, 6.45) is 10.8. The van der Waals surface area contributed by atoms with E-state index in [9.17, 15) is 57.5 Å². The molecule has 0 aliphatic heterocycles. The zero-order chi connectivity index (χ0) is 70.0. The fourth-order valence-electron chi connectivity index (χ4n) is 9.11. The van der Waals surface area contributed by atoms with Gasteiger partial charge in [-0.05, 0) is 45.4 Å². The number of carbonyl (C=O) groups excluding carboxylic acids is 11. The highest BCUT2D eigenvalue weighted by molar-refractivity contribution is 6.06. The number of rotatable bonds is 32. The standard InChI is InChI=1S/C59H76N22O15/c1-59(2,3)96-58(94)65-20-23-95-24-22-81-30-36(68-57(93)50-72-41(32-80(50)9)70-45(84)13-16-62-51(87)37-26-35(29-76(37)5)67-56(92)47-60-19-21-75(47)4)27-39(81)52(88)61-15-10-11-43(82)69-40-31-78(7)48(71-40)54(90)63-17-12-44(83)66-34-25-38(77(6)28-34)53(89)74-42-33-79(8)49(73-42)55(91)64-18-14-46(85)86/h19,21,25-33H,10-18,20,22-24H2,1-9H3,(H,61,88)(H,62,87)(H,63,90)(H,64,91)(H,65,94)(H,66,83)(H,67,92)(H,68,93)(H,69,82)(H,70,84)(H,74,89)(H,85,86). The molecular formula is C59H76N22O15. The third kappa shape index (κ3) is 20.8. The van der Waals surface area contributed by atoms with Gasteiger partial charge in [0, 0.05) is 150 Å². The predicted molar refractivity (Wildman–Crippen MR) is 343 cm³/mol. The molecule has 96 heavy (non-hydrogen) atoms. The molecule has 0 atom stereocenters. The fraction of sp³-hybridized carbons (Fsp3) is 0.390. The average Bonchev–Trinajstić information content (AvgIpc) is 1.77. The van der Waals surface area contributed by atoms with Crippen LogP contribution in [0.3, 0.4) is 0 Å². The third-order valence-electron chi connectivity index (χ3n) is 13.6. The highest BCUT2D eigenvalue weighted by atomic mass is 16.6. The minimum atomic E-state index is -1.08. The molecule has 512 valence electrons. The topological polar surface area (TPSA) is 462 Å². The SMILES string of the molecule is Cn1cc(NC(=O)c2nccn2C)cc1C(=O)NCCC(=O)Nc1cn(C)c(C(=O)Nc2cc(C(=O)NCCCC(=O)Nc3cn(C)c(C(=O)NCCC(=O)Nc4cc(C(=O)Nc5cn(C)c(C(=O)NCCC(=O)O)n5)n(C)c4)n3)n(CCOCCNC(=O)OC(C)(C)C)c2)n1. The molecular weight excluding hydrogens is 1260 g/mol. The highest BCUT2D eigenvalue weighted by Gasteiger charge is 2.24. The van der Waals surface area contributed by atoms with Crippen molar-refractivity contribution in [1.29, 1.82) is 0 Å². The van der Waals surface area contributed by atoms with E-state index in [4.69, 9.17) is 14.6 Å². The molecule has 0 saturated heterocycles. The van der Waals surface area contributed by atoms with Crippen LogP contribution < -0.4 is 58.5 Å². The molecule has 0 saturated carbocycles. The molecule has 0 spiro atoms. The zero-order valence-electron chi connectivity index (χ0n) is 54.1. The monoisotopic (exact) mass is 1330 g/mol. The normalized spacial score (nSPS) is 11.1. The number of carbonyl (C=O) groups is 12. The summed E-state index contributed by atoms with van der Waals surface area (Å²) < 4.78 is 21.2. The van der Waals surface area contributed by atoms with Gasteiger partial charge < -0.3 is 105 Å². The molecule has 12 N–H and O–H groups in total. The molecule has 0 aliphatic rings. The van der Waals surface area contributed by atoms with Gasteiger partial charge in [-0.15, -0.1) is 0 Å². The Morgan fingerprint density at radius 1 is 0.438 bits per heavy atom. The van der Waals surface area contributed by atoms with Gasteiger partial charge in [0.1, 0.15) is 22.7 Å². The summed E-state index contributed by atoms with van der Waals surface area (Å²) in [7, 11) is 9.47. The molecule has 0 aromatic carbocycles. The van der Waals surface area contributed by atoms with Crippen molar-refractivity contribution in [3.8, 4) is 0 Å². The lowest BCUT2D eigenvalue weighted by molar-refractivity contribution is -0.136. The number of ether oxygens (including phenoxy) is 2. The summed E-state index contributed by atoms with van der Waals surface area (Å²) in [4.78, 5) is 170. The molecule has 7 aromatic heterocycles. The van der Waals surface area contributed by atoms with Crippen LogP contribution in [-0.2, 0) is 77.5 Å². The van der Waals surface area contributed by atoms with Gasteiger partial charge >= 0.3 is 12.1 Å². The van der Waals surface area contributed by atoms with Gasteiger partial charge in [0.05, 0.1) is 36.7 Å². The minimum absolute atomic E-state index is 0.0304. The van der Waals surface area contributed by atoms with Crippen LogP contribution in [0.15, 0.2) is 67.8 Å². The highest BCUT2D eigenvalue weighted by Crippen LogP contribution is 2.20. The van der Waals surface area contributed by atoms with Crippen LogP contribution in [0.1, 0.15) is 127 Å². The second kappa shape index (κ2) is 32.6. The van der Waals surface area contributed by atoms with E-state index in [-0.39, 0.29) is 154 Å². The number of hydrogen-bond acceptors (Lipinski definition) is 18. The third-order valence-corrected chi connectivity index (χ3v) is 13.6. The second-order valence-electron chi connectivity index (χ2n) is 22.6. The summed E-state index contributed by atoms with van der Waals surface area (Å²) in [6, 6.07) is 4.33. The molecule has 0 fully saturated rings. The molecule has 37 heteroatoms. The van der Waals surface area contributed by atoms with E-state index in [1.54, 1.807) is 63.4 Å². The number of anilines is 6. The minimum Gasteiger partial charge on any atom is -0.481 e. The Morgan fingerprint density at radius 2 is 0.896 bits per heavy atom. The number of amides is 11. The zero-order valence-corrected chi connectivity index (χ0v) is 54.1. The maximum atomic E-state index is 13.7. The lowest BCUT2D eigenvalue weighted by Crippen LogP contribution is -2.34. The average molecular weight is 1330 g/mol. The van der Waals surface area contributed by atoms with Gasteiger partial charge in [-0.3, -0.25) is 52.7 Å². The van der Waals surface area contributed by atoms with E-state index in [0.29, 0.717) is 5.69 Å². The van der Waals surface area contributed by atoms with Gasteiger partial charge in [0.15, 0.2) is 23.3 Å². The number of hydrogen-bond donors (Lipinski definition) is 12. The van der Waals surface area contributed by atoms with E-state index < -0.39 is 76.7 Å². The van der Waals surface area contributed by atoms with Crippen LogP contribution in [0.25, 0.3) is 0 Å². The molecule has 0 aliphatic carbocycles. The van der Waals surface area contributed by atoms with Crippen molar-refractivity contribution in [1.82, 2.24) is 78.5 Å². The first-order chi connectivity index (χ1) is 45.5. The lowest BCUT2D eigenvalue weighted by Gasteiger charge is -2.19. The van der Waals surface area contributed by atoms with Gasteiger partial charge in [0.25, 0.3) is 41.4 Å². The van der Waals surface area contributed by atoms with E-state index in [2.05, 4.69) is 78.4 Å². The van der Waals surface area contributed by atoms with E-state index >= 15 is 0 Å². The van der Waals surface area contributed by atoms with Gasteiger partial charge in [-0.25, -0.2) is 24.7 Å². The Bertz CT molecular complexity index is 4060. The summed E-state index contributed by atoms with van der Waals surface area (Å²) in [5.41, 5.74) is 0.602. The Hall–Kier alpha value is -11.9. The summed E-state index contributed by atoms with van der Waals surface area (Å²) >= 11 is 0. The number of aromatic nitrogens is 11. The van der Waals surface area contributed by atoms with Crippen molar-refractivity contribution in [3.05, 3.63) is 108 Å². The van der Waals surface area contributed by atoms with Gasteiger partial charge in [-0.2, -0.15) is 0 Å². The molecule has 7 aromatic rings. The maximum absolute atomic E-state index is 13.7. The van der Waals surface area contributed by atoms with Crippen LogP contribution in [-0.4, -0.2) is 180 Å².